The van der Waals surface area contributed by atoms with Crippen LogP contribution in [0.3, 0.4) is 0 Å². The van der Waals surface area contributed by atoms with Crippen LogP contribution in [0.4, 0.5) is 10.1 Å². The number of aliphatic hydroxyl groups excluding tert-OH is 1. The first-order valence-corrected chi connectivity index (χ1v) is 5.86. The standard InChI is InChI=1S/C14H12FNO4/c15-13-7-12(16(18)19)6-5-11(13)9-20-14-4-2-1-3-10(14)8-17/h1-7,17H,8-9H2. The van der Waals surface area contributed by atoms with Crippen LogP contribution in [-0.4, -0.2) is 10.0 Å². The second-order valence-electron chi connectivity index (χ2n) is 4.09. The summed E-state index contributed by atoms with van der Waals surface area (Å²) in [6, 6.07) is 10.2. The molecule has 0 spiro atoms. The molecule has 0 aromatic heterocycles. The summed E-state index contributed by atoms with van der Waals surface area (Å²) >= 11 is 0. The van der Waals surface area contributed by atoms with Crippen molar-refractivity contribution >= 4 is 5.69 Å². The largest absolute Gasteiger partial charge is 0.488 e. The molecule has 0 saturated carbocycles. The molecule has 5 nitrogen and oxygen atoms in total. The Morgan fingerprint density at radius 2 is 1.95 bits per heavy atom. The Labute approximate surface area is 114 Å². The van der Waals surface area contributed by atoms with Crippen LogP contribution in [0.1, 0.15) is 11.1 Å². The van der Waals surface area contributed by atoms with Crippen molar-refractivity contribution in [2.75, 3.05) is 0 Å². The van der Waals surface area contributed by atoms with Crippen LogP contribution in [0.15, 0.2) is 42.5 Å². The van der Waals surface area contributed by atoms with E-state index in [0.717, 1.165) is 6.07 Å². The van der Waals surface area contributed by atoms with Crippen LogP contribution in [0.5, 0.6) is 5.75 Å². The predicted molar refractivity (Wildman–Crippen MR) is 69.8 cm³/mol. The van der Waals surface area contributed by atoms with E-state index in [9.17, 15) is 14.5 Å². The highest BCUT2D eigenvalue weighted by Gasteiger charge is 2.11. The zero-order valence-electron chi connectivity index (χ0n) is 10.5. The Morgan fingerprint density at radius 3 is 2.60 bits per heavy atom. The van der Waals surface area contributed by atoms with Gasteiger partial charge in [0.2, 0.25) is 0 Å². The molecule has 0 bridgehead atoms. The normalized spacial score (nSPS) is 10.3. The van der Waals surface area contributed by atoms with Crippen LogP contribution in [-0.2, 0) is 13.2 Å². The van der Waals surface area contributed by atoms with E-state index in [1.165, 1.54) is 12.1 Å². The Balaban J connectivity index is 2.13. The molecule has 0 heterocycles. The van der Waals surface area contributed by atoms with Gasteiger partial charge < -0.3 is 9.84 Å². The maximum absolute atomic E-state index is 13.7. The summed E-state index contributed by atoms with van der Waals surface area (Å²) in [5, 5.41) is 19.6. The fourth-order valence-corrected chi connectivity index (χ4v) is 1.70. The number of para-hydroxylation sites is 1. The third-order valence-corrected chi connectivity index (χ3v) is 2.77. The molecule has 104 valence electrons. The van der Waals surface area contributed by atoms with Crippen molar-refractivity contribution in [3.63, 3.8) is 0 Å². The molecule has 2 aromatic carbocycles. The van der Waals surface area contributed by atoms with E-state index >= 15 is 0 Å². The van der Waals surface area contributed by atoms with Crippen molar-refractivity contribution in [1.82, 2.24) is 0 Å². The molecule has 0 aliphatic carbocycles. The Bertz CT molecular complexity index is 630. The molecule has 0 unspecified atom stereocenters. The van der Waals surface area contributed by atoms with Gasteiger partial charge >= 0.3 is 0 Å². The quantitative estimate of drug-likeness (QED) is 0.673. The van der Waals surface area contributed by atoms with Crippen molar-refractivity contribution in [3.05, 3.63) is 69.5 Å². The number of nitro benzene ring substituents is 1. The van der Waals surface area contributed by atoms with E-state index in [1.807, 2.05) is 0 Å². The van der Waals surface area contributed by atoms with E-state index < -0.39 is 10.7 Å². The zero-order chi connectivity index (χ0) is 14.5. The van der Waals surface area contributed by atoms with E-state index in [2.05, 4.69) is 0 Å². The van der Waals surface area contributed by atoms with Gasteiger partial charge in [0.15, 0.2) is 0 Å². The van der Waals surface area contributed by atoms with E-state index in [4.69, 9.17) is 9.84 Å². The third-order valence-electron chi connectivity index (χ3n) is 2.77. The number of halogens is 1. The van der Waals surface area contributed by atoms with Gasteiger partial charge in [0, 0.05) is 17.2 Å². The minimum Gasteiger partial charge on any atom is -0.488 e. The lowest BCUT2D eigenvalue weighted by molar-refractivity contribution is -0.385. The van der Waals surface area contributed by atoms with Gasteiger partial charge in [0.05, 0.1) is 17.6 Å². The predicted octanol–water partition coefficient (Wildman–Crippen LogP) is 2.81. The van der Waals surface area contributed by atoms with E-state index in [1.54, 1.807) is 24.3 Å². The van der Waals surface area contributed by atoms with Crippen molar-refractivity contribution in [2.45, 2.75) is 13.2 Å². The molecule has 0 fully saturated rings. The first-order valence-electron chi connectivity index (χ1n) is 5.86. The molecule has 0 aliphatic rings. The van der Waals surface area contributed by atoms with E-state index in [0.29, 0.717) is 11.3 Å². The fourth-order valence-electron chi connectivity index (χ4n) is 1.70. The second-order valence-corrected chi connectivity index (χ2v) is 4.09. The van der Waals surface area contributed by atoms with E-state index in [-0.39, 0.29) is 24.5 Å². The van der Waals surface area contributed by atoms with Crippen molar-refractivity contribution in [1.29, 1.82) is 0 Å². The van der Waals surface area contributed by atoms with Crippen molar-refractivity contribution < 1.29 is 19.2 Å². The lowest BCUT2D eigenvalue weighted by Crippen LogP contribution is -2.01. The number of nitro groups is 1. The molecule has 0 aliphatic heterocycles. The smallest absolute Gasteiger partial charge is 0.272 e. The average Bonchev–Trinajstić information content (AvgIpc) is 2.46. The van der Waals surface area contributed by atoms with Crippen LogP contribution in [0.2, 0.25) is 0 Å². The minimum atomic E-state index is -0.694. The zero-order valence-corrected chi connectivity index (χ0v) is 10.5. The minimum absolute atomic E-state index is 0.0686. The van der Waals surface area contributed by atoms with Gasteiger partial charge in [-0.1, -0.05) is 18.2 Å². The van der Waals surface area contributed by atoms with Gasteiger partial charge in [0.1, 0.15) is 18.2 Å². The summed E-state index contributed by atoms with van der Waals surface area (Å²) in [4.78, 5) is 9.85. The molecular weight excluding hydrogens is 265 g/mol. The SMILES string of the molecule is O=[N+]([O-])c1ccc(COc2ccccc2CO)c(F)c1. The summed E-state index contributed by atoms with van der Waals surface area (Å²) in [6.07, 6.45) is 0. The van der Waals surface area contributed by atoms with Crippen LogP contribution >= 0.6 is 0 Å². The summed E-state index contributed by atoms with van der Waals surface area (Å²) < 4.78 is 19.1. The molecule has 2 aromatic rings. The summed E-state index contributed by atoms with van der Waals surface area (Å²) in [5.41, 5.74) is 0.500. The number of rotatable bonds is 5. The van der Waals surface area contributed by atoms with Gasteiger partial charge in [-0.25, -0.2) is 4.39 Å². The fraction of sp³-hybridized carbons (Fsp3) is 0.143. The topological polar surface area (TPSA) is 72.6 Å². The van der Waals surface area contributed by atoms with Gasteiger partial charge in [0.25, 0.3) is 5.69 Å². The van der Waals surface area contributed by atoms with Crippen molar-refractivity contribution in [2.24, 2.45) is 0 Å². The third kappa shape index (κ3) is 3.10. The number of hydrogen-bond acceptors (Lipinski definition) is 4. The first-order chi connectivity index (χ1) is 9.61. The Hall–Kier alpha value is -2.47. The number of ether oxygens (including phenoxy) is 1. The molecule has 0 saturated heterocycles. The molecule has 20 heavy (non-hydrogen) atoms. The highest BCUT2D eigenvalue weighted by atomic mass is 19.1. The number of hydrogen-bond donors (Lipinski definition) is 1. The van der Waals surface area contributed by atoms with Crippen LogP contribution in [0.25, 0.3) is 0 Å². The summed E-state index contributed by atoms with van der Waals surface area (Å²) in [5.74, 6) is -0.242. The molecule has 0 radical (unpaired) electrons. The number of non-ortho nitro benzene ring substituents is 1. The van der Waals surface area contributed by atoms with Crippen LogP contribution < -0.4 is 4.74 Å². The number of benzene rings is 2. The Morgan fingerprint density at radius 1 is 1.20 bits per heavy atom. The number of nitrogens with zero attached hydrogens (tertiary/aromatic N) is 1. The van der Waals surface area contributed by atoms with Gasteiger partial charge in [-0.3, -0.25) is 10.1 Å². The molecule has 6 heteroatoms. The Kier molecular flexibility index (Phi) is 4.27. The lowest BCUT2D eigenvalue weighted by Gasteiger charge is -2.10. The maximum atomic E-state index is 13.7. The molecule has 0 atom stereocenters. The first kappa shape index (κ1) is 14.0. The van der Waals surface area contributed by atoms with Crippen molar-refractivity contribution in [3.8, 4) is 5.75 Å². The average molecular weight is 277 g/mol. The van der Waals surface area contributed by atoms with Crippen LogP contribution in [0, 0.1) is 15.9 Å². The highest BCUT2D eigenvalue weighted by Crippen LogP contribution is 2.21. The summed E-state index contributed by atoms with van der Waals surface area (Å²) in [6.45, 7) is -0.250. The summed E-state index contributed by atoms with van der Waals surface area (Å²) in [7, 11) is 0. The number of aliphatic hydroxyl groups is 1. The second kappa shape index (κ2) is 6.12. The molecule has 2 rings (SSSR count). The van der Waals surface area contributed by atoms with Gasteiger partial charge in [-0.2, -0.15) is 0 Å². The molecule has 0 amide bonds. The lowest BCUT2D eigenvalue weighted by atomic mass is 10.2. The monoisotopic (exact) mass is 277 g/mol. The molecular formula is C14H12FNO4. The van der Waals surface area contributed by atoms with Gasteiger partial charge in [-0.15, -0.1) is 0 Å². The van der Waals surface area contributed by atoms with Gasteiger partial charge in [-0.05, 0) is 12.1 Å². The highest BCUT2D eigenvalue weighted by molar-refractivity contribution is 5.35. The molecule has 1 N–H and O–H groups in total. The maximum Gasteiger partial charge on any atom is 0.272 e.